The van der Waals surface area contributed by atoms with E-state index in [2.05, 4.69) is 9.88 Å². The number of nitrogens with one attached hydrogen (secondary N) is 1. The van der Waals surface area contributed by atoms with Crippen molar-refractivity contribution in [2.45, 2.75) is 44.3 Å². The number of sulfonamides is 1. The molecule has 1 aromatic carbocycles. The van der Waals surface area contributed by atoms with Crippen LogP contribution in [0.1, 0.15) is 44.6 Å². The molecule has 1 saturated carbocycles. The highest BCUT2D eigenvalue weighted by molar-refractivity contribution is 7.93. The lowest BCUT2D eigenvalue weighted by Gasteiger charge is -2.22. The minimum atomic E-state index is -3.30. The van der Waals surface area contributed by atoms with Gasteiger partial charge in [-0.1, -0.05) is 36.6 Å². The second-order valence-electron chi connectivity index (χ2n) is 5.17. The summed E-state index contributed by atoms with van der Waals surface area (Å²) in [4.78, 5) is 0. The lowest BCUT2D eigenvalue weighted by atomic mass is 10.0. The standard InChI is InChI=1S/C14H20N2O3S/c1-11(15-17)12-7-9-13(10-8-12)16-20(18,19)14-5-3-2-4-6-14/h7-10,14,16-17H,2-6H2,1H3/b15-11+. The van der Waals surface area contributed by atoms with Crippen LogP contribution in [0.25, 0.3) is 0 Å². The molecule has 0 bridgehead atoms. The highest BCUT2D eigenvalue weighted by Crippen LogP contribution is 2.25. The quantitative estimate of drug-likeness (QED) is 0.509. The smallest absolute Gasteiger partial charge is 0.235 e. The van der Waals surface area contributed by atoms with E-state index in [1.54, 1.807) is 31.2 Å². The zero-order valence-corrected chi connectivity index (χ0v) is 12.4. The van der Waals surface area contributed by atoms with Crippen LogP contribution in [0.2, 0.25) is 0 Å². The van der Waals surface area contributed by atoms with Gasteiger partial charge in [0, 0.05) is 5.69 Å². The van der Waals surface area contributed by atoms with Crippen LogP contribution in [-0.2, 0) is 10.0 Å². The molecular weight excluding hydrogens is 276 g/mol. The fourth-order valence-corrected chi connectivity index (χ4v) is 4.05. The molecule has 0 heterocycles. The van der Waals surface area contributed by atoms with Gasteiger partial charge in [0.15, 0.2) is 0 Å². The first-order valence-electron chi connectivity index (χ1n) is 6.83. The molecule has 1 aromatic rings. The van der Waals surface area contributed by atoms with E-state index in [4.69, 9.17) is 5.21 Å². The summed E-state index contributed by atoms with van der Waals surface area (Å²) in [6.45, 7) is 1.68. The second-order valence-corrected chi connectivity index (χ2v) is 7.13. The third-order valence-electron chi connectivity index (χ3n) is 3.70. The van der Waals surface area contributed by atoms with Crippen molar-refractivity contribution in [3.8, 4) is 0 Å². The molecule has 0 spiro atoms. The van der Waals surface area contributed by atoms with Crippen LogP contribution in [0, 0.1) is 0 Å². The van der Waals surface area contributed by atoms with Gasteiger partial charge in [-0.3, -0.25) is 4.72 Å². The topological polar surface area (TPSA) is 78.8 Å². The predicted molar refractivity (Wildman–Crippen MR) is 79.9 cm³/mol. The zero-order chi connectivity index (χ0) is 14.6. The minimum absolute atomic E-state index is 0.281. The van der Waals surface area contributed by atoms with Gasteiger partial charge in [-0.2, -0.15) is 0 Å². The summed E-state index contributed by atoms with van der Waals surface area (Å²) < 4.78 is 27.2. The van der Waals surface area contributed by atoms with E-state index < -0.39 is 10.0 Å². The van der Waals surface area contributed by atoms with Gasteiger partial charge >= 0.3 is 0 Å². The Hall–Kier alpha value is -1.56. The fourth-order valence-electron chi connectivity index (χ4n) is 2.46. The monoisotopic (exact) mass is 296 g/mol. The largest absolute Gasteiger partial charge is 0.411 e. The first-order chi connectivity index (χ1) is 9.53. The molecule has 1 fully saturated rings. The number of hydrogen-bond donors (Lipinski definition) is 2. The third-order valence-corrected chi connectivity index (χ3v) is 5.57. The lowest BCUT2D eigenvalue weighted by molar-refractivity contribution is 0.319. The molecule has 0 saturated heterocycles. The van der Waals surface area contributed by atoms with Crippen molar-refractivity contribution in [3.05, 3.63) is 29.8 Å². The van der Waals surface area contributed by atoms with Gasteiger partial charge in [0.05, 0.1) is 11.0 Å². The Morgan fingerprint density at radius 1 is 1.20 bits per heavy atom. The average Bonchev–Trinajstić information content (AvgIpc) is 2.48. The molecule has 0 amide bonds. The van der Waals surface area contributed by atoms with Crippen molar-refractivity contribution < 1.29 is 13.6 Å². The number of nitrogens with zero attached hydrogens (tertiary/aromatic N) is 1. The molecule has 0 aliphatic heterocycles. The number of benzene rings is 1. The Bertz CT molecular complexity index is 573. The van der Waals surface area contributed by atoms with E-state index >= 15 is 0 Å². The molecule has 0 unspecified atom stereocenters. The zero-order valence-electron chi connectivity index (χ0n) is 11.5. The molecule has 1 aliphatic rings. The van der Waals surface area contributed by atoms with Gasteiger partial charge in [0.2, 0.25) is 10.0 Å². The maximum Gasteiger partial charge on any atom is 0.235 e. The van der Waals surface area contributed by atoms with Crippen molar-refractivity contribution >= 4 is 21.4 Å². The molecule has 5 nitrogen and oxygen atoms in total. The Labute approximate surface area is 119 Å². The van der Waals surface area contributed by atoms with Gasteiger partial charge in [-0.15, -0.1) is 0 Å². The number of hydrogen-bond acceptors (Lipinski definition) is 4. The van der Waals surface area contributed by atoms with E-state index in [1.165, 1.54) is 0 Å². The summed E-state index contributed by atoms with van der Waals surface area (Å²) in [6, 6.07) is 6.83. The van der Waals surface area contributed by atoms with E-state index in [0.717, 1.165) is 37.7 Å². The maximum absolute atomic E-state index is 12.3. The van der Waals surface area contributed by atoms with Crippen LogP contribution in [0.3, 0.4) is 0 Å². The molecule has 2 rings (SSSR count). The van der Waals surface area contributed by atoms with E-state index in [9.17, 15) is 8.42 Å². The predicted octanol–water partition coefficient (Wildman–Crippen LogP) is 2.96. The maximum atomic E-state index is 12.3. The van der Waals surface area contributed by atoms with Crippen LogP contribution in [0.15, 0.2) is 29.4 Å². The van der Waals surface area contributed by atoms with E-state index in [-0.39, 0.29) is 5.25 Å². The highest BCUT2D eigenvalue weighted by Gasteiger charge is 2.27. The Morgan fingerprint density at radius 3 is 2.35 bits per heavy atom. The molecule has 2 N–H and O–H groups in total. The first-order valence-corrected chi connectivity index (χ1v) is 8.38. The van der Waals surface area contributed by atoms with Gasteiger partial charge in [0.1, 0.15) is 0 Å². The summed E-state index contributed by atoms with van der Waals surface area (Å²) in [5, 5.41) is 11.5. The van der Waals surface area contributed by atoms with Gasteiger partial charge in [-0.05, 0) is 37.5 Å². The highest BCUT2D eigenvalue weighted by atomic mass is 32.2. The van der Waals surface area contributed by atoms with Crippen LogP contribution in [-0.4, -0.2) is 24.6 Å². The Kier molecular flexibility index (Phi) is 4.65. The number of oxime groups is 1. The van der Waals surface area contributed by atoms with Crippen LogP contribution in [0.4, 0.5) is 5.69 Å². The van der Waals surface area contributed by atoms with Crippen LogP contribution < -0.4 is 4.72 Å². The first kappa shape index (κ1) is 14.8. The lowest BCUT2D eigenvalue weighted by Crippen LogP contribution is -2.29. The van der Waals surface area contributed by atoms with Crippen LogP contribution >= 0.6 is 0 Å². The average molecular weight is 296 g/mol. The van der Waals surface area contributed by atoms with E-state index in [0.29, 0.717) is 11.4 Å². The summed E-state index contributed by atoms with van der Waals surface area (Å²) in [6.07, 6.45) is 4.57. The third kappa shape index (κ3) is 3.50. The normalized spacial score (nSPS) is 17.9. The summed E-state index contributed by atoms with van der Waals surface area (Å²) in [5.74, 6) is 0. The summed E-state index contributed by atoms with van der Waals surface area (Å²) in [7, 11) is -3.30. The Morgan fingerprint density at radius 2 is 1.80 bits per heavy atom. The van der Waals surface area contributed by atoms with Crippen molar-refractivity contribution in [3.63, 3.8) is 0 Å². The number of anilines is 1. The van der Waals surface area contributed by atoms with Crippen molar-refractivity contribution in [1.29, 1.82) is 0 Å². The molecular formula is C14H20N2O3S. The summed E-state index contributed by atoms with van der Waals surface area (Å²) in [5.41, 5.74) is 1.80. The van der Waals surface area contributed by atoms with Crippen molar-refractivity contribution in [2.24, 2.45) is 5.16 Å². The van der Waals surface area contributed by atoms with E-state index in [1.807, 2.05) is 0 Å². The molecule has 6 heteroatoms. The SMILES string of the molecule is C/C(=N\O)c1ccc(NS(=O)(=O)C2CCCCC2)cc1. The molecule has 0 radical (unpaired) electrons. The van der Waals surface area contributed by atoms with Gasteiger partial charge in [0.25, 0.3) is 0 Å². The van der Waals surface area contributed by atoms with Crippen LogP contribution in [0.5, 0.6) is 0 Å². The van der Waals surface area contributed by atoms with Crippen molar-refractivity contribution in [2.75, 3.05) is 4.72 Å². The second kappa shape index (κ2) is 6.26. The fraction of sp³-hybridized carbons (Fsp3) is 0.500. The van der Waals surface area contributed by atoms with Crippen molar-refractivity contribution in [1.82, 2.24) is 0 Å². The molecule has 110 valence electrons. The molecule has 0 atom stereocenters. The Balaban J connectivity index is 2.09. The minimum Gasteiger partial charge on any atom is -0.411 e. The van der Waals surface area contributed by atoms with Gasteiger partial charge in [-0.25, -0.2) is 8.42 Å². The van der Waals surface area contributed by atoms with Gasteiger partial charge < -0.3 is 5.21 Å². The molecule has 20 heavy (non-hydrogen) atoms. The number of rotatable bonds is 4. The molecule has 1 aliphatic carbocycles. The molecule has 0 aromatic heterocycles. The summed E-state index contributed by atoms with van der Waals surface area (Å²) >= 11 is 0.